The van der Waals surface area contributed by atoms with Gasteiger partial charge in [0.2, 0.25) is 0 Å². The van der Waals surface area contributed by atoms with E-state index in [9.17, 15) is 9.18 Å². The molecule has 27 heavy (non-hydrogen) atoms. The minimum Gasteiger partial charge on any atom is -0.444 e. The zero-order chi connectivity index (χ0) is 20.0. The van der Waals surface area contributed by atoms with Crippen LogP contribution in [0.2, 0.25) is 5.02 Å². The number of ether oxygens (including phenoxy) is 1. The van der Waals surface area contributed by atoms with Gasteiger partial charge in [0.25, 0.3) is 0 Å². The molecule has 1 aliphatic heterocycles. The van der Waals surface area contributed by atoms with E-state index < -0.39 is 17.0 Å². The molecule has 0 spiro atoms. The minimum absolute atomic E-state index is 0.231. The molecule has 3 rings (SSSR count). The zero-order valence-electron chi connectivity index (χ0n) is 16.2. The van der Waals surface area contributed by atoms with E-state index in [2.05, 4.69) is 14.9 Å². The number of aromatic nitrogens is 2. The second kappa shape index (κ2) is 6.78. The van der Waals surface area contributed by atoms with Crippen molar-refractivity contribution < 1.29 is 13.9 Å². The number of piperazine rings is 1. The summed E-state index contributed by atoms with van der Waals surface area (Å²) in [4.78, 5) is 24.6. The standard InChI is InChI=1S/C19H24ClFN4O2/c1-18(2,3)27-17(26)24-6-7-25(19(4,5)10-24)16-13-8-12(20)9-14(21)15(13)22-11-23-16/h8-9,11H,6-7,10H2,1-5H3. The van der Waals surface area contributed by atoms with Gasteiger partial charge in [0.1, 0.15) is 23.3 Å². The van der Waals surface area contributed by atoms with Crippen molar-refractivity contribution in [1.29, 1.82) is 0 Å². The molecule has 1 aliphatic rings. The summed E-state index contributed by atoms with van der Waals surface area (Å²) in [6.45, 7) is 11.0. The number of fused-ring (bicyclic) bond motifs is 1. The predicted molar refractivity (Wildman–Crippen MR) is 104 cm³/mol. The quantitative estimate of drug-likeness (QED) is 0.723. The third kappa shape index (κ3) is 4.08. The summed E-state index contributed by atoms with van der Waals surface area (Å²) in [5, 5.41) is 0.850. The molecule has 0 saturated carbocycles. The van der Waals surface area contributed by atoms with Crippen LogP contribution in [0.1, 0.15) is 34.6 Å². The first-order chi connectivity index (χ1) is 12.5. The molecule has 0 N–H and O–H groups in total. The van der Waals surface area contributed by atoms with E-state index in [1.807, 2.05) is 34.6 Å². The molecule has 0 unspecified atom stereocenters. The van der Waals surface area contributed by atoms with Gasteiger partial charge in [-0.3, -0.25) is 0 Å². The van der Waals surface area contributed by atoms with Crippen LogP contribution in [-0.4, -0.2) is 51.7 Å². The third-order valence-electron chi connectivity index (χ3n) is 4.45. The number of anilines is 1. The Morgan fingerprint density at radius 3 is 2.59 bits per heavy atom. The number of nitrogens with zero attached hydrogens (tertiary/aromatic N) is 4. The highest BCUT2D eigenvalue weighted by atomic mass is 35.5. The lowest BCUT2D eigenvalue weighted by Gasteiger charge is -2.47. The van der Waals surface area contributed by atoms with Crippen LogP contribution in [0, 0.1) is 5.82 Å². The second-order valence-corrected chi connectivity index (χ2v) is 8.78. The van der Waals surface area contributed by atoms with E-state index in [4.69, 9.17) is 16.3 Å². The fourth-order valence-electron chi connectivity index (χ4n) is 3.32. The fraction of sp³-hybridized carbons (Fsp3) is 0.526. The van der Waals surface area contributed by atoms with Crippen molar-refractivity contribution in [3.8, 4) is 0 Å². The molecule has 1 aromatic heterocycles. The molecular formula is C19H24ClFN4O2. The Kier molecular flexibility index (Phi) is 4.93. The molecule has 1 saturated heterocycles. The van der Waals surface area contributed by atoms with Crippen molar-refractivity contribution in [1.82, 2.24) is 14.9 Å². The number of halogens is 2. The second-order valence-electron chi connectivity index (χ2n) is 8.35. The first-order valence-electron chi connectivity index (χ1n) is 8.83. The summed E-state index contributed by atoms with van der Waals surface area (Å²) in [6.07, 6.45) is 1.02. The van der Waals surface area contributed by atoms with Crippen LogP contribution in [0.15, 0.2) is 18.5 Å². The Bertz CT molecular complexity index is 882. The first kappa shape index (κ1) is 19.6. The van der Waals surface area contributed by atoms with Gasteiger partial charge in [0.05, 0.1) is 5.54 Å². The average molecular weight is 395 g/mol. The van der Waals surface area contributed by atoms with Gasteiger partial charge in [-0.25, -0.2) is 19.2 Å². The van der Waals surface area contributed by atoms with E-state index in [0.717, 1.165) is 0 Å². The molecule has 0 radical (unpaired) electrons. The number of rotatable bonds is 1. The number of hydrogen-bond acceptors (Lipinski definition) is 5. The molecule has 1 aromatic carbocycles. The van der Waals surface area contributed by atoms with Gasteiger partial charge in [0.15, 0.2) is 5.82 Å². The average Bonchev–Trinajstić information content (AvgIpc) is 2.52. The van der Waals surface area contributed by atoms with E-state index in [-0.39, 0.29) is 11.6 Å². The first-order valence-corrected chi connectivity index (χ1v) is 9.21. The highest BCUT2D eigenvalue weighted by Crippen LogP contribution is 2.33. The molecule has 0 aliphatic carbocycles. The van der Waals surface area contributed by atoms with Crippen molar-refractivity contribution in [3.63, 3.8) is 0 Å². The number of carbonyl (C=O) groups is 1. The van der Waals surface area contributed by atoms with Gasteiger partial charge >= 0.3 is 6.09 Å². The maximum atomic E-state index is 14.2. The smallest absolute Gasteiger partial charge is 0.410 e. The van der Waals surface area contributed by atoms with Crippen molar-refractivity contribution in [2.75, 3.05) is 24.5 Å². The summed E-state index contributed by atoms with van der Waals surface area (Å²) in [5.74, 6) is 0.126. The normalized spacial score (nSPS) is 17.3. The van der Waals surface area contributed by atoms with Crippen molar-refractivity contribution in [3.05, 3.63) is 29.3 Å². The number of hydrogen-bond donors (Lipinski definition) is 0. The van der Waals surface area contributed by atoms with Crippen LogP contribution in [-0.2, 0) is 4.74 Å². The van der Waals surface area contributed by atoms with Crippen LogP contribution in [0.25, 0.3) is 10.9 Å². The SMILES string of the molecule is CC(C)(C)OC(=O)N1CCN(c2ncnc3c(F)cc(Cl)cc23)C(C)(C)C1. The molecule has 2 heterocycles. The highest BCUT2D eigenvalue weighted by Gasteiger charge is 2.38. The maximum absolute atomic E-state index is 14.2. The van der Waals surface area contributed by atoms with Gasteiger partial charge in [-0.05, 0) is 46.8 Å². The number of carbonyl (C=O) groups excluding carboxylic acids is 1. The molecule has 8 heteroatoms. The lowest BCUT2D eigenvalue weighted by Crippen LogP contribution is -2.61. The predicted octanol–water partition coefficient (Wildman–Crippen LogP) is 4.26. The number of benzene rings is 1. The molecule has 1 amide bonds. The molecule has 0 atom stereocenters. The summed E-state index contributed by atoms with van der Waals surface area (Å²) >= 11 is 6.05. The molecule has 0 bridgehead atoms. The van der Waals surface area contributed by atoms with Gasteiger partial charge in [-0.1, -0.05) is 11.6 Å². The minimum atomic E-state index is -0.546. The lowest BCUT2D eigenvalue weighted by atomic mass is 9.98. The fourth-order valence-corrected chi connectivity index (χ4v) is 3.53. The Hall–Kier alpha value is -2.15. The van der Waals surface area contributed by atoms with Crippen LogP contribution in [0.4, 0.5) is 15.0 Å². The van der Waals surface area contributed by atoms with Crippen molar-refractivity contribution >= 4 is 34.4 Å². The largest absolute Gasteiger partial charge is 0.444 e. The Morgan fingerprint density at radius 1 is 1.26 bits per heavy atom. The molecule has 1 fully saturated rings. The summed E-state index contributed by atoms with van der Waals surface area (Å²) in [5.41, 5.74) is -0.750. The monoisotopic (exact) mass is 394 g/mol. The maximum Gasteiger partial charge on any atom is 0.410 e. The van der Waals surface area contributed by atoms with E-state index in [1.165, 1.54) is 12.4 Å². The lowest BCUT2D eigenvalue weighted by molar-refractivity contribution is 0.0179. The van der Waals surface area contributed by atoms with E-state index >= 15 is 0 Å². The third-order valence-corrected chi connectivity index (χ3v) is 4.66. The van der Waals surface area contributed by atoms with Crippen LogP contribution < -0.4 is 4.90 Å². The van der Waals surface area contributed by atoms with Gasteiger partial charge in [0, 0.05) is 30.0 Å². The van der Waals surface area contributed by atoms with E-state index in [1.54, 1.807) is 11.0 Å². The van der Waals surface area contributed by atoms with Crippen molar-refractivity contribution in [2.24, 2.45) is 0 Å². The van der Waals surface area contributed by atoms with Crippen LogP contribution in [0.5, 0.6) is 0 Å². The Balaban J connectivity index is 1.92. The Labute approximate surface area is 163 Å². The molecular weight excluding hydrogens is 371 g/mol. The summed E-state index contributed by atoms with van der Waals surface area (Å²) < 4.78 is 19.7. The van der Waals surface area contributed by atoms with Crippen LogP contribution in [0.3, 0.4) is 0 Å². The molecule has 6 nitrogen and oxygen atoms in total. The Morgan fingerprint density at radius 2 is 1.96 bits per heavy atom. The van der Waals surface area contributed by atoms with E-state index in [0.29, 0.717) is 35.9 Å². The molecule has 2 aromatic rings. The van der Waals surface area contributed by atoms with Gasteiger partial charge in [-0.2, -0.15) is 0 Å². The zero-order valence-corrected chi connectivity index (χ0v) is 17.0. The summed E-state index contributed by atoms with van der Waals surface area (Å²) in [6, 6.07) is 2.91. The molecule has 146 valence electrons. The topological polar surface area (TPSA) is 58.6 Å². The van der Waals surface area contributed by atoms with Gasteiger partial charge < -0.3 is 14.5 Å². The number of amides is 1. The van der Waals surface area contributed by atoms with Crippen molar-refractivity contribution in [2.45, 2.75) is 45.8 Å². The highest BCUT2D eigenvalue weighted by molar-refractivity contribution is 6.31. The van der Waals surface area contributed by atoms with Gasteiger partial charge in [-0.15, -0.1) is 0 Å². The van der Waals surface area contributed by atoms with Crippen LogP contribution >= 0.6 is 11.6 Å². The summed E-state index contributed by atoms with van der Waals surface area (Å²) in [7, 11) is 0.